The van der Waals surface area contributed by atoms with Gasteiger partial charge in [0.15, 0.2) is 0 Å². The zero-order chi connectivity index (χ0) is 13.0. The molecule has 2 aliphatic rings. The highest BCUT2D eigenvalue weighted by molar-refractivity contribution is 4.93. The lowest BCUT2D eigenvalue weighted by Crippen LogP contribution is -2.55. The molecule has 2 N–H and O–H groups in total. The minimum absolute atomic E-state index is 0.0186. The molecular formula is C15H30N2O. The molecule has 106 valence electrons. The number of nitrogens with one attached hydrogen (secondary N) is 1. The molecule has 18 heavy (non-hydrogen) atoms. The van der Waals surface area contributed by atoms with Gasteiger partial charge in [0.05, 0.1) is 6.61 Å². The highest BCUT2D eigenvalue weighted by atomic mass is 16.3. The fraction of sp³-hybridized carbons (Fsp3) is 1.00. The molecule has 0 spiro atoms. The molecule has 1 saturated heterocycles. The van der Waals surface area contributed by atoms with Crippen molar-refractivity contribution in [3.8, 4) is 0 Å². The molecule has 2 rings (SSSR count). The summed E-state index contributed by atoms with van der Waals surface area (Å²) in [6.07, 6.45) is 8.81. The lowest BCUT2D eigenvalue weighted by Gasteiger charge is -2.41. The normalized spacial score (nSPS) is 38.8. The van der Waals surface area contributed by atoms with Gasteiger partial charge in [0, 0.05) is 18.1 Å². The maximum Gasteiger partial charge on any atom is 0.0613 e. The second-order valence-corrected chi connectivity index (χ2v) is 6.63. The largest absolute Gasteiger partial charge is 0.394 e. The van der Waals surface area contributed by atoms with Gasteiger partial charge < -0.3 is 15.3 Å². The van der Waals surface area contributed by atoms with Gasteiger partial charge in [-0.3, -0.25) is 0 Å². The molecule has 0 bridgehead atoms. The molecule has 1 atom stereocenters. The predicted molar refractivity (Wildman–Crippen MR) is 75.7 cm³/mol. The first kappa shape index (κ1) is 14.3. The van der Waals surface area contributed by atoms with Crippen molar-refractivity contribution in [1.29, 1.82) is 0 Å². The fourth-order valence-electron chi connectivity index (χ4n) is 3.44. The second kappa shape index (κ2) is 6.36. The first-order valence-corrected chi connectivity index (χ1v) is 7.71. The zero-order valence-corrected chi connectivity index (χ0v) is 12.1. The molecule has 1 heterocycles. The average Bonchev–Trinajstić information content (AvgIpc) is 2.40. The van der Waals surface area contributed by atoms with Gasteiger partial charge in [-0.15, -0.1) is 0 Å². The number of likely N-dealkylation sites (N-methyl/N-ethyl adjacent to an activating group) is 1. The Morgan fingerprint density at radius 3 is 2.56 bits per heavy atom. The smallest absolute Gasteiger partial charge is 0.0613 e. The maximum atomic E-state index is 9.75. The summed E-state index contributed by atoms with van der Waals surface area (Å²) < 4.78 is 0. The topological polar surface area (TPSA) is 35.5 Å². The summed E-state index contributed by atoms with van der Waals surface area (Å²) in [6, 6.07) is 0.668. The molecule has 1 aliphatic carbocycles. The van der Waals surface area contributed by atoms with Gasteiger partial charge in [-0.2, -0.15) is 0 Å². The van der Waals surface area contributed by atoms with Crippen molar-refractivity contribution in [3.63, 3.8) is 0 Å². The molecule has 1 aliphatic heterocycles. The van der Waals surface area contributed by atoms with Crippen LogP contribution < -0.4 is 5.32 Å². The van der Waals surface area contributed by atoms with Crippen molar-refractivity contribution in [2.24, 2.45) is 5.92 Å². The molecule has 1 saturated carbocycles. The van der Waals surface area contributed by atoms with Crippen LogP contribution in [0, 0.1) is 5.92 Å². The summed E-state index contributed by atoms with van der Waals surface area (Å²) in [5.74, 6) is 0.837. The number of aliphatic hydroxyl groups is 1. The molecule has 0 aromatic heterocycles. The molecule has 3 heteroatoms. The number of nitrogens with zero attached hydrogens (tertiary/aromatic N) is 1. The van der Waals surface area contributed by atoms with Crippen molar-refractivity contribution in [3.05, 3.63) is 0 Å². The van der Waals surface area contributed by atoms with Crippen molar-refractivity contribution in [2.75, 3.05) is 26.7 Å². The van der Waals surface area contributed by atoms with Gasteiger partial charge in [0.1, 0.15) is 0 Å². The Labute approximate surface area is 112 Å². The Morgan fingerprint density at radius 2 is 1.94 bits per heavy atom. The first-order chi connectivity index (χ1) is 8.65. The monoisotopic (exact) mass is 254 g/mol. The third-order valence-corrected chi connectivity index (χ3v) is 5.17. The third kappa shape index (κ3) is 3.46. The maximum absolute atomic E-state index is 9.75. The molecule has 0 aromatic carbocycles. The quantitative estimate of drug-likeness (QED) is 0.805. The summed E-state index contributed by atoms with van der Waals surface area (Å²) in [4.78, 5) is 2.48. The van der Waals surface area contributed by atoms with E-state index in [0.29, 0.717) is 12.6 Å². The third-order valence-electron chi connectivity index (χ3n) is 5.17. The van der Waals surface area contributed by atoms with Gasteiger partial charge in [-0.25, -0.2) is 0 Å². The van der Waals surface area contributed by atoms with Crippen molar-refractivity contribution in [2.45, 2.75) is 63.5 Å². The van der Waals surface area contributed by atoms with Crippen LogP contribution in [0.4, 0.5) is 0 Å². The van der Waals surface area contributed by atoms with Gasteiger partial charge >= 0.3 is 0 Å². The van der Waals surface area contributed by atoms with E-state index in [9.17, 15) is 5.11 Å². The van der Waals surface area contributed by atoms with Crippen LogP contribution in [0.2, 0.25) is 0 Å². The van der Waals surface area contributed by atoms with Gasteiger partial charge in [-0.05, 0) is 58.0 Å². The second-order valence-electron chi connectivity index (χ2n) is 6.63. The molecule has 1 unspecified atom stereocenters. The van der Waals surface area contributed by atoms with Crippen LogP contribution in [0.15, 0.2) is 0 Å². The van der Waals surface area contributed by atoms with E-state index < -0.39 is 0 Å². The summed E-state index contributed by atoms with van der Waals surface area (Å²) >= 11 is 0. The minimum atomic E-state index is 0.0186. The molecule has 0 aromatic rings. The Bertz CT molecular complexity index is 249. The Hall–Kier alpha value is -0.120. The van der Waals surface area contributed by atoms with Gasteiger partial charge in [0.2, 0.25) is 0 Å². The lowest BCUT2D eigenvalue weighted by molar-refractivity contribution is 0.0892. The van der Waals surface area contributed by atoms with E-state index in [4.69, 9.17) is 0 Å². The van der Waals surface area contributed by atoms with Crippen molar-refractivity contribution < 1.29 is 5.11 Å². The van der Waals surface area contributed by atoms with Gasteiger partial charge in [-0.1, -0.05) is 13.3 Å². The Kier molecular flexibility index (Phi) is 5.05. The van der Waals surface area contributed by atoms with Crippen LogP contribution >= 0.6 is 0 Å². The van der Waals surface area contributed by atoms with E-state index in [1.165, 1.54) is 38.6 Å². The van der Waals surface area contributed by atoms with Gasteiger partial charge in [0.25, 0.3) is 0 Å². The van der Waals surface area contributed by atoms with Crippen molar-refractivity contribution >= 4 is 0 Å². The van der Waals surface area contributed by atoms with Crippen LogP contribution in [0.25, 0.3) is 0 Å². The SMILES string of the molecule is CC1CCC(CO)(NCC2CCCCN2C)CC1. The Morgan fingerprint density at radius 1 is 1.22 bits per heavy atom. The number of rotatable bonds is 4. The van der Waals surface area contributed by atoms with E-state index >= 15 is 0 Å². The molecule has 0 amide bonds. The van der Waals surface area contributed by atoms with Crippen LogP contribution in [-0.2, 0) is 0 Å². The minimum Gasteiger partial charge on any atom is -0.394 e. The summed E-state index contributed by atoms with van der Waals surface area (Å²) in [5, 5.41) is 13.5. The number of hydrogen-bond acceptors (Lipinski definition) is 3. The molecule has 3 nitrogen and oxygen atoms in total. The molecule has 0 radical (unpaired) electrons. The predicted octanol–water partition coefficient (Wildman–Crippen LogP) is 2.00. The fourth-order valence-corrected chi connectivity index (χ4v) is 3.44. The molecular weight excluding hydrogens is 224 g/mol. The highest BCUT2D eigenvalue weighted by Crippen LogP contribution is 2.31. The summed E-state index contributed by atoms with van der Waals surface area (Å²) in [6.45, 7) is 4.91. The summed E-state index contributed by atoms with van der Waals surface area (Å²) in [5.41, 5.74) is 0.0186. The van der Waals surface area contributed by atoms with E-state index in [1.807, 2.05) is 0 Å². The van der Waals surface area contributed by atoms with Crippen molar-refractivity contribution in [1.82, 2.24) is 10.2 Å². The van der Waals surface area contributed by atoms with Crippen LogP contribution in [-0.4, -0.2) is 48.3 Å². The standard InChI is InChI=1S/C15H30N2O/c1-13-6-8-15(12-18,9-7-13)16-11-14-5-3-4-10-17(14)2/h13-14,16,18H,3-12H2,1-2H3. The molecule has 2 fully saturated rings. The van der Waals surface area contributed by atoms with Crippen LogP contribution in [0.1, 0.15) is 51.9 Å². The van der Waals surface area contributed by atoms with E-state index in [1.54, 1.807) is 0 Å². The van der Waals surface area contributed by atoms with E-state index in [2.05, 4.69) is 24.2 Å². The number of aliphatic hydroxyl groups excluding tert-OH is 1. The van der Waals surface area contributed by atoms with E-state index in [-0.39, 0.29) is 5.54 Å². The number of hydrogen-bond donors (Lipinski definition) is 2. The first-order valence-electron chi connectivity index (χ1n) is 7.71. The van der Waals surface area contributed by atoms with Crippen LogP contribution in [0.5, 0.6) is 0 Å². The van der Waals surface area contributed by atoms with E-state index in [0.717, 1.165) is 25.3 Å². The average molecular weight is 254 g/mol. The lowest BCUT2D eigenvalue weighted by atomic mass is 9.77. The number of likely N-dealkylation sites (tertiary alicyclic amines) is 1. The number of piperidine rings is 1. The zero-order valence-electron chi connectivity index (χ0n) is 12.1. The van der Waals surface area contributed by atoms with Crippen LogP contribution in [0.3, 0.4) is 0 Å². The highest BCUT2D eigenvalue weighted by Gasteiger charge is 2.34. The Balaban J connectivity index is 1.83. The summed E-state index contributed by atoms with van der Waals surface area (Å²) in [7, 11) is 2.24.